The Kier molecular flexibility index (Phi) is 2.76. The maximum atomic E-state index is 4.28. The normalized spacial score (nSPS) is 42.5. The fraction of sp³-hybridized carbons (Fsp3) is 0.750. The molecule has 4 rings (SSSR count). The van der Waals surface area contributed by atoms with Crippen molar-refractivity contribution in [2.24, 2.45) is 17.8 Å². The van der Waals surface area contributed by atoms with Crippen LogP contribution in [0.4, 0.5) is 0 Å². The van der Waals surface area contributed by atoms with Crippen molar-refractivity contribution in [1.29, 1.82) is 0 Å². The quantitative estimate of drug-likeness (QED) is 0.481. The smallest absolute Gasteiger partial charge is 0.105 e. The Morgan fingerprint density at radius 3 is 2.00 bits per heavy atom. The summed E-state index contributed by atoms with van der Waals surface area (Å²) in [5.74, 6) is 3.15. The monoisotopic (exact) mass is 228 g/mol. The fourth-order valence-corrected chi connectivity index (χ4v) is 5.84. The summed E-state index contributed by atoms with van der Waals surface area (Å²) >= 11 is 0. The molecule has 0 atom stereocenters. The zero-order chi connectivity index (χ0) is 12.0. The van der Waals surface area contributed by atoms with Gasteiger partial charge in [-0.2, -0.15) is 0 Å². The first kappa shape index (κ1) is 11.6. The molecule has 4 fully saturated rings. The van der Waals surface area contributed by atoms with Crippen LogP contribution < -0.4 is 0 Å². The molecule has 92 valence electrons. The van der Waals surface area contributed by atoms with Gasteiger partial charge in [0.05, 0.1) is 0 Å². The van der Waals surface area contributed by atoms with E-state index in [9.17, 15) is 0 Å². The largest absolute Gasteiger partial charge is 0.181 e. The standard InChI is InChI=1S/C16H25B/c1-4-12(3)17(5-2)16-9-13-6-14(10-16)8-15(7-13)11-16/h4,13-15H,1,3,5-11H2,2H3. The molecule has 4 aliphatic rings. The van der Waals surface area contributed by atoms with Gasteiger partial charge in [-0.15, -0.1) is 6.58 Å². The Morgan fingerprint density at radius 1 is 1.18 bits per heavy atom. The summed E-state index contributed by atoms with van der Waals surface area (Å²) in [4.78, 5) is 0. The van der Waals surface area contributed by atoms with Gasteiger partial charge < -0.3 is 0 Å². The van der Waals surface area contributed by atoms with Crippen molar-refractivity contribution in [2.45, 2.75) is 57.1 Å². The molecule has 0 aliphatic heterocycles. The molecule has 17 heavy (non-hydrogen) atoms. The lowest BCUT2D eigenvalue weighted by Gasteiger charge is -2.59. The average Bonchev–Trinajstić information content (AvgIpc) is 2.27. The molecule has 0 amide bonds. The molecule has 0 saturated heterocycles. The van der Waals surface area contributed by atoms with Crippen LogP contribution in [-0.2, 0) is 0 Å². The lowest BCUT2D eigenvalue weighted by molar-refractivity contribution is 0.0271. The lowest BCUT2D eigenvalue weighted by Crippen LogP contribution is -2.49. The summed E-state index contributed by atoms with van der Waals surface area (Å²) in [6, 6.07) is 0. The van der Waals surface area contributed by atoms with Crippen LogP contribution in [0.2, 0.25) is 11.6 Å². The molecule has 4 aliphatic carbocycles. The van der Waals surface area contributed by atoms with E-state index in [-0.39, 0.29) is 0 Å². The Balaban J connectivity index is 1.89. The van der Waals surface area contributed by atoms with Gasteiger partial charge in [0, 0.05) is 0 Å². The van der Waals surface area contributed by atoms with Crippen molar-refractivity contribution in [3.63, 3.8) is 0 Å². The number of allylic oxidation sites excluding steroid dienone is 2. The molecule has 0 N–H and O–H groups in total. The van der Waals surface area contributed by atoms with Crippen LogP contribution in [0.1, 0.15) is 45.4 Å². The summed E-state index contributed by atoms with van der Waals surface area (Å²) in [5, 5.41) is 0.620. The van der Waals surface area contributed by atoms with Gasteiger partial charge in [0.15, 0.2) is 6.71 Å². The Labute approximate surface area is 107 Å². The van der Waals surface area contributed by atoms with Gasteiger partial charge in [-0.1, -0.05) is 50.6 Å². The highest BCUT2D eigenvalue weighted by Crippen LogP contribution is 2.66. The SMILES string of the molecule is C=CC(=C)B(CC)C12CC3CC(CC(C3)C1)C2. The summed E-state index contributed by atoms with van der Waals surface area (Å²) < 4.78 is 0. The van der Waals surface area contributed by atoms with Crippen molar-refractivity contribution in [3.05, 3.63) is 24.7 Å². The molecule has 0 unspecified atom stereocenters. The summed E-state index contributed by atoms with van der Waals surface area (Å²) in [6.07, 6.45) is 12.4. The first-order valence-corrected chi connectivity index (χ1v) is 7.48. The Hall–Kier alpha value is -0.455. The van der Waals surface area contributed by atoms with Crippen LogP contribution in [-0.4, -0.2) is 6.71 Å². The maximum Gasteiger partial charge on any atom is 0.181 e. The van der Waals surface area contributed by atoms with Crippen LogP contribution >= 0.6 is 0 Å². The van der Waals surface area contributed by atoms with Crippen LogP contribution in [0.25, 0.3) is 0 Å². The summed E-state index contributed by atoms with van der Waals surface area (Å²) in [5.41, 5.74) is 1.31. The van der Waals surface area contributed by atoms with Gasteiger partial charge in [-0.05, 0) is 42.3 Å². The topological polar surface area (TPSA) is 0 Å². The van der Waals surface area contributed by atoms with Crippen molar-refractivity contribution in [3.8, 4) is 0 Å². The van der Waals surface area contributed by atoms with E-state index in [0.717, 1.165) is 17.8 Å². The highest BCUT2D eigenvalue weighted by atomic mass is 14.5. The lowest BCUT2D eigenvalue weighted by atomic mass is 9.21. The van der Waals surface area contributed by atoms with E-state index in [1.165, 1.54) is 50.3 Å². The molecule has 1 heteroatoms. The van der Waals surface area contributed by atoms with Crippen LogP contribution in [0, 0.1) is 17.8 Å². The predicted molar refractivity (Wildman–Crippen MR) is 76.4 cm³/mol. The molecule has 0 spiro atoms. The molecule has 0 radical (unpaired) electrons. The molecule has 0 heterocycles. The minimum absolute atomic E-state index is 0.620. The maximum absolute atomic E-state index is 4.28. The predicted octanol–water partition coefficient (Wildman–Crippen LogP) is 4.75. The third-order valence-electron chi connectivity index (χ3n) is 5.94. The second-order valence-corrected chi connectivity index (χ2v) is 7.02. The molecule has 0 aromatic heterocycles. The van der Waals surface area contributed by atoms with Crippen LogP contribution in [0.5, 0.6) is 0 Å². The van der Waals surface area contributed by atoms with E-state index < -0.39 is 0 Å². The zero-order valence-electron chi connectivity index (χ0n) is 11.3. The summed E-state index contributed by atoms with van der Waals surface area (Å²) in [6.45, 7) is 11.3. The van der Waals surface area contributed by atoms with Crippen molar-refractivity contribution in [1.82, 2.24) is 0 Å². The van der Waals surface area contributed by atoms with E-state index in [1.807, 2.05) is 6.08 Å². The van der Waals surface area contributed by atoms with E-state index in [2.05, 4.69) is 20.1 Å². The van der Waals surface area contributed by atoms with Gasteiger partial charge in [-0.25, -0.2) is 0 Å². The third-order valence-corrected chi connectivity index (χ3v) is 5.94. The average molecular weight is 228 g/mol. The molecular formula is C16H25B. The molecule has 0 nitrogen and oxygen atoms in total. The second-order valence-electron chi connectivity index (χ2n) is 7.02. The Bertz CT molecular complexity index is 306. The molecular weight excluding hydrogens is 203 g/mol. The molecule has 0 aromatic rings. The first-order chi connectivity index (χ1) is 8.16. The van der Waals surface area contributed by atoms with Crippen molar-refractivity contribution >= 4 is 6.71 Å². The number of hydrogen-bond acceptors (Lipinski definition) is 0. The Morgan fingerprint density at radius 2 is 1.65 bits per heavy atom. The number of rotatable bonds is 4. The van der Waals surface area contributed by atoms with Gasteiger partial charge in [-0.3, -0.25) is 0 Å². The highest BCUT2D eigenvalue weighted by Gasteiger charge is 2.54. The summed E-state index contributed by atoms with van der Waals surface area (Å²) in [7, 11) is 0. The van der Waals surface area contributed by atoms with Crippen LogP contribution in [0.3, 0.4) is 0 Å². The second kappa shape index (κ2) is 4.04. The minimum Gasteiger partial charge on any atom is -0.105 e. The van der Waals surface area contributed by atoms with Gasteiger partial charge >= 0.3 is 0 Å². The van der Waals surface area contributed by atoms with Crippen molar-refractivity contribution < 1.29 is 0 Å². The third kappa shape index (κ3) is 1.73. The van der Waals surface area contributed by atoms with Crippen LogP contribution in [0.15, 0.2) is 24.7 Å². The van der Waals surface area contributed by atoms with E-state index in [1.54, 1.807) is 0 Å². The fourth-order valence-electron chi connectivity index (χ4n) is 5.84. The van der Waals surface area contributed by atoms with E-state index in [4.69, 9.17) is 0 Å². The first-order valence-electron chi connectivity index (χ1n) is 7.48. The molecule has 4 bridgehead atoms. The molecule has 4 saturated carbocycles. The molecule has 0 aromatic carbocycles. The van der Waals surface area contributed by atoms with Gasteiger partial charge in [0.1, 0.15) is 0 Å². The van der Waals surface area contributed by atoms with Gasteiger partial charge in [0.25, 0.3) is 0 Å². The highest BCUT2D eigenvalue weighted by molar-refractivity contribution is 6.70. The van der Waals surface area contributed by atoms with E-state index in [0.29, 0.717) is 12.0 Å². The minimum atomic E-state index is 0.620. The van der Waals surface area contributed by atoms with Gasteiger partial charge in [0.2, 0.25) is 0 Å². The zero-order valence-corrected chi connectivity index (χ0v) is 11.3. The van der Waals surface area contributed by atoms with E-state index >= 15 is 0 Å². The van der Waals surface area contributed by atoms with Crippen molar-refractivity contribution in [2.75, 3.05) is 0 Å². The number of hydrogen-bond donors (Lipinski definition) is 0.